The molecule has 0 aliphatic carbocycles. The topological polar surface area (TPSA) is 61.9 Å². The van der Waals surface area contributed by atoms with Gasteiger partial charge in [-0.15, -0.1) is 0 Å². The number of fused-ring (bicyclic) bond motifs is 1. The molecule has 24 heavy (non-hydrogen) atoms. The summed E-state index contributed by atoms with van der Waals surface area (Å²) in [5, 5.41) is 1.78. The lowest BCUT2D eigenvalue weighted by Crippen LogP contribution is -2.40. The first-order chi connectivity index (χ1) is 11.2. The Balaban J connectivity index is 2.19. The van der Waals surface area contributed by atoms with Gasteiger partial charge in [0.15, 0.2) is 6.61 Å². The van der Waals surface area contributed by atoms with E-state index in [-0.39, 0.29) is 18.2 Å². The smallest absolute Gasteiger partial charge is 0.471 e. The highest BCUT2D eigenvalue weighted by Crippen LogP contribution is 2.35. The van der Waals surface area contributed by atoms with Crippen molar-refractivity contribution in [2.75, 3.05) is 44.0 Å². The van der Waals surface area contributed by atoms with Crippen molar-refractivity contribution in [3.05, 3.63) is 18.2 Å². The van der Waals surface area contributed by atoms with E-state index >= 15 is 0 Å². The van der Waals surface area contributed by atoms with E-state index in [9.17, 15) is 22.8 Å². The largest absolute Gasteiger partial charge is 0.482 e. The molecule has 0 spiro atoms. The highest BCUT2D eigenvalue weighted by Gasteiger charge is 2.39. The number of carbonyl (C=O) groups is 2. The molecule has 0 saturated carbocycles. The average Bonchev–Trinajstić information content (AvgIpc) is 2.48. The molecular formula is C15H18F3N3O3. The fraction of sp³-hybridized carbons (Fsp3) is 0.467. The number of rotatable bonds is 5. The summed E-state index contributed by atoms with van der Waals surface area (Å²) in [5.74, 6) is -1.95. The molecule has 1 heterocycles. The molecule has 1 N–H and O–H groups in total. The van der Waals surface area contributed by atoms with Crippen LogP contribution in [0.3, 0.4) is 0 Å². The number of alkyl halides is 3. The zero-order chi connectivity index (χ0) is 17.9. The van der Waals surface area contributed by atoms with E-state index in [1.54, 1.807) is 5.32 Å². The first-order valence-electron chi connectivity index (χ1n) is 7.28. The molecule has 0 atom stereocenters. The zero-order valence-electron chi connectivity index (χ0n) is 13.3. The van der Waals surface area contributed by atoms with Gasteiger partial charge >= 0.3 is 12.1 Å². The van der Waals surface area contributed by atoms with E-state index in [0.29, 0.717) is 24.4 Å². The lowest BCUT2D eigenvalue weighted by atomic mass is 10.2. The maximum atomic E-state index is 12.3. The Morgan fingerprint density at radius 2 is 2.08 bits per heavy atom. The van der Waals surface area contributed by atoms with E-state index in [1.165, 1.54) is 23.1 Å². The molecule has 0 aromatic heterocycles. The molecule has 2 amide bonds. The van der Waals surface area contributed by atoms with E-state index in [0.717, 1.165) is 6.54 Å². The standard InChI is InChI=1S/C15H18F3N3O3/c1-20(2)6-3-7-21-11-8-10(19-14(23)15(16,17)18)4-5-12(11)24-9-13(21)22/h4-5,8H,3,6-7,9H2,1-2H3,(H,19,23). The van der Waals surface area contributed by atoms with Crippen LogP contribution in [-0.2, 0) is 9.59 Å². The van der Waals surface area contributed by atoms with Crippen molar-refractivity contribution < 1.29 is 27.5 Å². The minimum atomic E-state index is -4.98. The fourth-order valence-corrected chi connectivity index (χ4v) is 2.27. The van der Waals surface area contributed by atoms with Crippen molar-refractivity contribution >= 4 is 23.2 Å². The van der Waals surface area contributed by atoms with E-state index < -0.39 is 12.1 Å². The van der Waals surface area contributed by atoms with Gasteiger partial charge in [-0.25, -0.2) is 0 Å². The van der Waals surface area contributed by atoms with Crippen molar-refractivity contribution in [2.24, 2.45) is 0 Å². The third-order valence-corrected chi connectivity index (χ3v) is 3.40. The van der Waals surface area contributed by atoms with Crippen molar-refractivity contribution in [2.45, 2.75) is 12.6 Å². The summed E-state index contributed by atoms with van der Waals surface area (Å²) in [6, 6.07) is 4.05. The van der Waals surface area contributed by atoms with Gasteiger partial charge in [-0.05, 0) is 45.3 Å². The van der Waals surface area contributed by atoms with Crippen LogP contribution < -0.4 is 15.0 Å². The molecule has 0 bridgehead atoms. The number of anilines is 2. The van der Waals surface area contributed by atoms with Gasteiger partial charge < -0.3 is 19.9 Å². The lowest BCUT2D eigenvalue weighted by molar-refractivity contribution is -0.167. The molecule has 1 aromatic carbocycles. The van der Waals surface area contributed by atoms with Crippen LogP contribution in [0.1, 0.15) is 6.42 Å². The number of nitrogens with one attached hydrogen (secondary N) is 1. The summed E-state index contributed by atoms with van der Waals surface area (Å²) in [6.07, 6.45) is -4.29. The molecule has 132 valence electrons. The summed E-state index contributed by atoms with van der Waals surface area (Å²) in [5.41, 5.74) is 0.303. The van der Waals surface area contributed by atoms with Crippen molar-refractivity contribution in [1.29, 1.82) is 0 Å². The van der Waals surface area contributed by atoms with Crippen LogP contribution in [0, 0.1) is 0 Å². The van der Waals surface area contributed by atoms with E-state index in [4.69, 9.17) is 4.74 Å². The van der Waals surface area contributed by atoms with Gasteiger partial charge in [-0.3, -0.25) is 9.59 Å². The third-order valence-electron chi connectivity index (χ3n) is 3.40. The second kappa shape index (κ2) is 7.08. The van der Waals surface area contributed by atoms with Crippen LogP contribution >= 0.6 is 0 Å². The van der Waals surface area contributed by atoms with Gasteiger partial charge in [-0.2, -0.15) is 13.2 Å². The van der Waals surface area contributed by atoms with Crippen LogP contribution in [0.15, 0.2) is 18.2 Å². The van der Waals surface area contributed by atoms with Gasteiger partial charge in [-0.1, -0.05) is 0 Å². The quantitative estimate of drug-likeness (QED) is 0.885. The Bertz CT molecular complexity index is 632. The molecule has 6 nitrogen and oxygen atoms in total. The van der Waals surface area contributed by atoms with Crippen molar-refractivity contribution in [3.8, 4) is 5.75 Å². The molecule has 0 fully saturated rings. The first kappa shape index (κ1) is 18.1. The van der Waals surface area contributed by atoms with Crippen molar-refractivity contribution in [1.82, 2.24) is 4.90 Å². The first-order valence-corrected chi connectivity index (χ1v) is 7.28. The normalized spacial score (nSPS) is 14.4. The molecule has 1 aliphatic rings. The third kappa shape index (κ3) is 4.38. The van der Waals surface area contributed by atoms with E-state index in [2.05, 4.69) is 0 Å². The van der Waals surface area contributed by atoms with Gasteiger partial charge in [0.05, 0.1) is 5.69 Å². The van der Waals surface area contributed by atoms with Gasteiger partial charge in [0, 0.05) is 12.2 Å². The molecular weight excluding hydrogens is 327 g/mol. The monoisotopic (exact) mass is 345 g/mol. The minimum absolute atomic E-state index is 0.0491. The van der Waals surface area contributed by atoms with Crippen LogP contribution in [0.25, 0.3) is 0 Å². The number of benzene rings is 1. The fourth-order valence-electron chi connectivity index (χ4n) is 2.27. The van der Waals surface area contributed by atoms with Gasteiger partial charge in [0.2, 0.25) is 0 Å². The lowest BCUT2D eigenvalue weighted by Gasteiger charge is -2.30. The average molecular weight is 345 g/mol. The van der Waals surface area contributed by atoms with Gasteiger partial charge in [0.25, 0.3) is 5.91 Å². The SMILES string of the molecule is CN(C)CCCN1C(=O)COc2ccc(NC(=O)C(F)(F)F)cc21. The summed E-state index contributed by atoms with van der Waals surface area (Å²) in [7, 11) is 3.81. The second-order valence-electron chi connectivity index (χ2n) is 5.63. The number of hydrogen-bond donors (Lipinski definition) is 1. The number of carbonyl (C=O) groups excluding carboxylic acids is 2. The second-order valence-corrected chi connectivity index (χ2v) is 5.63. The Kier molecular flexibility index (Phi) is 5.33. The molecule has 0 unspecified atom stereocenters. The van der Waals surface area contributed by atoms with Crippen LogP contribution in [0.4, 0.5) is 24.5 Å². The maximum absolute atomic E-state index is 12.3. The Hall–Kier alpha value is -2.29. The Morgan fingerprint density at radius 3 is 2.71 bits per heavy atom. The molecule has 0 saturated heterocycles. The molecule has 0 radical (unpaired) electrons. The number of amides is 2. The highest BCUT2D eigenvalue weighted by molar-refractivity contribution is 6.00. The zero-order valence-corrected chi connectivity index (χ0v) is 13.3. The summed E-state index contributed by atoms with van der Waals surface area (Å²) in [4.78, 5) is 26.5. The number of nitrogens with zero attached hydrogens (tertiary/aromatic N) is 2. The van der Waals surface area contributed by atoms with Crippen LogP contribution in [0.5, 0.6) is 5.75 Å². The number of hydrogen-bond acceptors (Lipinski definition) is 4. The summed E-state index contributed by atoms with van der Waals surface area (Å²) < 4.78 is 42.3. The van der Waals surface area contributed by atoms with Gasteiger partial charge in [0.1, 0.15) is 5.75 Å². The Morgan fingerprint density at radius 1 is 1.38 bits per heavy atom. The summed E-state index contributed by atoms with van der Waals surface area (Å²) >= 11 is 0. The molecule has 1 aliphatic heterocycles. The van der Waals surface area contributed by atoms with E-state index in [1.807, 2.05) is 19.0 Å². The number of halogens is 3. The summed E-state index contributed by atoms with van der Waals surface area (Å²) in [6.45, 7) is 1.04. The highest BCUT2D eigenvalue weighted by atomic mass is 19.4. The molecule has 2 rings (SSSR count). The van der Waals surface area contributed by atoms with Crippen molar-refractivity contribution in [3.63, 3.8) is 0 Å². The minimum Gasteiger partial charge on any atom is -0.482 e. The predicted molar refractivity (Wildman–Crippen MR) is 82.1 cm³/mol. The van der Waals surface area contributed by atoms with Crippen LogP contribution in [0.2, 0.25) is 0 Å². The number of ether oxygens (including phenoxy) is 1. The van der Waals surface area contributed by atoms with Crippen LogP contribution in [-0.4, -0.2) is 56.7 Å². The predicted octanol–water partition coefficient (Wildman–Crippen LogP) is 1.86. The molecule has 1 aromatic rings. The maximum Gasteiger partial charge on any atom is 0.471 e. The molecule has 9 heteroatoms. The Labute approximate surface area is 137 Å².